The largest absolute Gasteiger partial charge is 0.493 e. The van der Waals surface area contributed by atoms with Gasteiger partial charge in [-0.25, -0.2) is 14.9 Å². The van der Waals surface area contributed by atoms with Gasteiger partial charge >= 0.3 is 11.9 Å². The van der Waals surface area contributed by atoms with E-state index in [0.29, 0.717) is 40.6 Å². The molecule has 0 aliphatic heterocycles. The molecule has 1 aliphatic rings. The van der Waals surface area contributed by atoms with Crippen molar-refractivity contribution in [3.63, 3.8) is 0 Å². The molecule has 1 N–H and O–H groups in total. The van der Waals surface area contributed by atoms with Crippen molar-refractivity contribution in [1.29, 1.82) is 0 Å². The lowest BCUT2D eigenvalue weighted by molar-refractivity contribution is -0.158. The molecule has 0 amide bonds. The number of rotatable bonds is 9. The monoisotopic (exact) mass is 580 g/mol. The molecule has 1 aliphatic carbocycles. The smallest absolute Gasteiger partial charge is 0.343 e. The third-order valence-corrected chi connectivity index (χ3v) is 7.73. The van der Waals surface area contributed by atoms with Crippen LogP contribution >= 0.6 is 0 Å². The zero-order valence-corrected chi connectivity index (χ0v) is 24.1. The summed E-state index contributed by atoms with van der Waals surface area (Å²) in [5.74, 6) is 0.849. The van der Waals surface area contributed by atoms with Gasteiger partial charge in [0.2, 0.25) is 6.79 Å². The summed E-state index contributed by atoms with van der Waals surface area (Å²) in [4.78, 5) is 30.4. The van der Waals surface area contributed by atoms with Crippen molar-refractivity contribution in [3.05, 3.63) is 72.1 Å². The summed E-state index contributed by atoms with van der Waals surface area (Å²) in [7, 11) is 0. The third kappa shape index (κ3) is 5.70. The Bertz CT molecular complexity index is 1760. The van der Waals surface area contributed by atoms with Crippen molar-refractivity contribution in [1.82, 2.24) is 30.2 Å². The summed E-state index contributed by atoms with van der Waals surface area (Å²) in [5.41, 5.74) is 4.89. The maximum Gasteiger partial charge on any atom is 0.343 e. The molecular formula is C32H32N6O5. The number of para-hydroxylation sites is 1. The van der Waals surface area contributed by atoms with E-state index in [0.717, 1.165) is 54.5 Å². The topological polar surface area (TPSA) is 134 Å². The number of fused-ring (bicyclic) bond motifs is 1. The SMILES string of the molecule is CCOc1cc(-n2c(C)nc3cccc(C(=O)OCOC(=O)C4CCCCC4)c32)ccc1-c1ccccc1-c1nnn[nH]1. The van der Waals surface area contributed by atoms with Crippen LogP contribution < -0.4 is 4.74 Å². The fourth-order valence-electron chi connectivity index (χ4n) is 5.74. The second-order valence-electron chi connectivity index (χ2n) is 10.4. The summed E-state index contributed by atoms with van der Waals surface area (Å²) >= 11 is 0. The van der Waals surface area contributed by atoms with Crippen LogP contribution in [0, 0.1) is 12.8 Å². The van der Waals surface area contributed by atoms with Crippen molar-refractivity contribution < 1.29 is 23.8 Å². The Kier molecular flexibility index (Phi) is 8.12. The summed E-state index contributed by atoms with van der Waals surface area (Å²) in [6.45, 7) is 3.82. The van der Waals surface area contributed by atoms with Crippen LogP contribution in [0.3, 0.4) is 0 Å². The maximum atomic E-state index is 13.3. The second kappa shape index (κ2) is 12.4. The first-order valence-corrected chi connectivity index (χ1v) is 14.5. The number of benzene rings is 3. The highest BCUT2D eigenvalue weighted by Gasteiger charge is 2.24. The van der Waals surface area contributed by atoms with Gasteiger partial charge in [0.05, 0.1) is 34.8 Å². The molecule has 0 atom stereocenters. The van der Waals surface area contributed by atoms with E-state index in [-0.39, 0.29) is 11.9 Å². The predicted octanol–water partition coefficient (Wildman–Crippen LogP) is 5.82. The first-order chi connectivity index (χ1) is 21.0. The Morgan fingerprint density at radius 1 is 0.953 bits per heavy atom. The highest BCUT2D eigenvalue weighted by molar-refractivity contribution is 6.03. The van der Waals surface area contributed by atoms with Gasteiger partial charge in [-0.05, 0) is 66.9 Å². The Morgan fingerprint density at radius 2 is 1.77 bits per heavy atom. The van der Waals surface area contributed by atoms with E-state index in [1.54, 1.807) is 12.1 Å². The summed E-state index contributed by atoms with van der Waals surface area (Å²) in [6.07, 6.45) is 4.80. The zero-order chi connectivity index (χ0) is 29.8. The minimum Gasteiger partial charge on any atom is -0.493 e. The van der Waals surface area contributed by atoms with Crippen LogP contribution in [0.4, 0.5) is 0 Å². The Balaban J connectivity index is 1.33. The van der Waals surface area contributed by atoms with Gasteiger partial charge in [-0.3, -0.25) is 9.36 Å². The van der Waals surface area contributed by atoms with E-state index in [4.69, 9.17) is 19.2 Å². The fourth-order valence-corrected chi connectivity index (χ4v) is 5.74. The van der Waals surface area contributed by atoms with E-state index in [1.165, 1.54) is 0 Å². The van der Waals surface area contributed by atoms with Crippen molar-refractivity contribution in [2.75, 3.05) is 13.4 Å². The van der Waals surface area contributed by atoms with E-state index in [9.17, 15) is 9.59 Å². The molecule has 0 bridgehead atoms. The average Bonchev–Trinajstić information content (AvgIpc) is 3.69. The van der Waals surface area contributed by atoms with E-state index in [1.807, 2.05) is 66.9 Å². The van der Waals surface area contributed by atoms with Gasteiger partial charge in [-0.15, -0.1) is 5.10 Å². The molecule has 0 radical (unpaired) electrons. The standard InChI is InChI=1S/C32H32N6O5/c1-3-41-28-18-22(16-17-24(28)23-12-7-8-13-25(23)30-34-36-37-35-30)38-20(2)33-27-15-9-14-26(29(27)38)32(40)43-19-42-31(39)21-10-5-4-6-11-21/h7-9,12-18,21H,3-6,10-11,19H2,1-2H3,(H,34,35,36,37). The minimum absolute atomic E-state index is 0.123. The molecule has 220 valence electrons. The van der Waals surface area contributed by atoms with Crippen LogP contribution in [0.1, 0.15) is 55.2 Å². The van der Waals surface area contributed by atoms with Gasteiger partial charge in [-0.1, -0.05) is 49.6 Å². The molecule has 5 aromatic rings. The maximum absolute atomic E-state index is 13.3. The number of nitrogens with zero attached hydrogens (tertiary/aromatic N) is 5. The summed E-state index contributed by atoms with van der Waals surface area (Å²) in [5, 5.41) is 14.4. The average molecular weight is 581 g/mol. The number of hydrogen-bond acceptors (Lipinski definition) is 9. The highest BCUT2D eigenvalue weighted by atomic mass is 16.7. The van der Waals surface area contributed by atoms with Crippen molar-refractivity contribution >= 4 is 23.0 Å². The van der Waals surface area contributed by atoms with Gasteiger partial charge in [0.15, 0.2) is 5.82 Å². The summed E-state index contributed by atoms with van der Waals surface area (Å²) in [6, 6.07) is 18.9. The third-order valence-electron chi connectivity index (χ3n) is 7.73. The number of aromatic amines is 1. The van der Waals surface area contributed by atoms with Gasteiger partial charge < -0.3 is 14.2 Å². The lowest BCUT2D eigenvalue weighted by atomic mass is 9.89. The van der Waals surface area contributed by atoms with Crippen LogP contribution in [0.15, 0.2) is 60.7 Å². The molecule has 1 saturated carbocycles. The molecule has 6 rings (SSSR count). The molecule has 11 nitrogen and oxygen atoms in total. The molecule has 0 unspecified atom stereocenters. The lowest BCUT2D eigenvalue weighted by Crippen LogP contribution is -2.22. The van der Waals surface area contributed by atoms with Crippen LogP contribution in [0.5, 0.6) is 5.75 Å². The van der Waals surface area contributed by atoms with Crippen LogP contribution in [-0.4, -0.2) is 55.5 Å². The molecule has 0 saturated heterocycles. The number of esters is 2. The van der Waals surface area contributed by atoms with Crippen molar-refractivity contribution in [2.24, 2.45) is 5.92 Å². The fraction of sp³-hybridized carbons (Fsp3) is 0.312. The lowest BCUT2D eigenvalue weighted by Gasteiger charge is -2.19. The van der Waals surface area contributed by atoms with Crippen LogP contribution in [0.25, 0.3) is 39.2 Å². The van der Waals surface area contributed by atoms with Crippen molar-refractivity contribution in [2.45, 2.75) is 46.0 Å². The van der Waals surface area contributed by atoms with Crippen LogP contribution in [-0.2, 0) is 14.3 Å². The van der Waals surface area contributed by atoms with Gasteiger partial charge in [0, 0.05) is 17.2 Å². The van der Waals surface area contributed by atoms with Crippen molar-refractivity contribution in [3.8, 4) is 34.0 Å². The predicted molar refractivity (Wildman–Crippen MR) is 159 cm³/mol. The summed E-state index contributed by atoms with van der Waals surface area (Å²) < 4.78 is 18.7. The number of carbonyl (C=O) groups is 2. The number of imidazole rings is 1. The minimum atomic E-state index is -0.598. The van der Waals surface area contributed by atoms with E-state index in [2.05, 4.69) is 20.6 Å². The quantitative estimate of drug-likeness (QED) is 0.169. The van der Waals surface area contributed by atoms with Crippen LogP contribution in [0.2, 0.25) is 0 Å². The Morgan fingerprint density at radius 3 is 2.53 bits per heavy atom. The molecule has 11 heteroatoms. The number of ether oxygens (including phenoxy) is 3. The molecule has 1 fully saturated rings. The Hall–Kier alpha value is -5.06. The molecule has 43 heavy (non-hydrogen) atoms. The first kappa shape index (κ1) is 28.1. The zero-order valence-electron chi connectivity index (χ0n) is 24.1. The van der Waals surface area contributed by atoms with E-state index < -0.39 is 12.8 Å². The molecule has 2 heterocycles. The van der Waals surface area contributed by atoms with Gasteiger partial charge in [0.1, 0.15) is 11.6 Å². The normalized spacial score (nSPS) is 13.6. The number of H-pyrrole nitrogens is 1. The number of nitrogens with one attached hydrogen (secondary N) is 1. The first-order valence-electron chi connectivity index (χ1n) is 14.5. The number of aryl methyl sites for hydroxylation is 1. The Labute approximate surface area is 248 Å². The van der Waals surface area contributed by atoms with Gasteiger partial charge in [-0.2, -0.15) is 0 Å². The number of aromatic nitrogens is 6. The number of hydrogen-bond donors (Lipinski definition) is 1. The number of tetrazole rings is 1. The molecular weight excluding hydrogens is 548 g/mol. The molecule has 0 spiro atoms. The molecule has 3 aromatic carbocycles. The van der Waals surface area contributed by atoms with Gasteiger partial charge in [0.25, 0.3) is 0 Å². The number of carbonyl (C=O) groups excluding carboxylic acids is 2. The second-order valence-corrected chi connectivity index (χ2v) is 10.4. The highest BCUT2D eigenvalue weighted by Crippen LogP contribution is 2.38. The van der Waals surface area contributed by atoms with E-state index >= 15 is 0 Å². The molecule has 2 aromatic heterocycles.